The summed E-state index contributed by atoms with van der Waals surface area (Å²) in [5.74, 6) is 0.859. The molecule has 0 unspecified atom stereocenters. The molecule has 1 aliphatic rings. The van der Waals surface area contributed by atoms with Crippen molar-refractivity contribution in [3.8, 4) is 17.3 Å². The van der Waals surface area contributed by atoms with Gasteiger partial charge in [0.25, 0.3) is 0 Å². The van der Waals surface area contributed by atoms with E-state index in [1.807, 2.05) is 36.5 Å². The third kappa shape index (κ3) is 4.04. The third-order valence-electron chi connectivity index (χ3n) is 4.35. The molecule has 0 radical (unpaired) electrons. The van der Waals surface area contributed by atoms with Crippen LogP contribution in [0.25, 0.3) is 11.3 Å². The maximum absolute atomic E-state index is 13.0. The normalized spacial score (nSPS) is 13.8. The molecule has 4 rings (SSSR count). The smallest absolute Gasteiger partial charge is 0.328 e. The van der Waals surface area contributed by atoms with Crippen LogP contribution in [0.5, 0.6) is 0 Å². The molecule has 0 atom stereocenters. The van der Waals surface area contributed by atoms with Crippen molar-refractivity contribution in [3.63, 3.8) is 0 Å². The van der Waals surface area contributed by atoms with E-state index >= 15 is 0 Å². The van der Waals surface area contributed by atoms with E-state index in [-0.39, 0.29) is 6.03 Å². The predicted octanol–water partition coefficient (Wildman–Crippen LogP) is 3.78. The van der Waals surface area contributed by atoms with Gasteiger partial charge >= 0.3 is 6.03 Å². The van der Waals surface area contributed by atoms with Crippen molar-refractivity contribution in [2.75, 3.05) is 22.1 Å². The summed E-state index contributed by atoms with van der Waals surface area (Å²) in [5, 5.41) is 22.8. The van der Waals surface area contributed by atoms with Gasteiger partial charge in [-0.3, -0.25) is 10.2 Å². The molecule has 2 amide bonds. The Bertz CT molecular complexity index is 1110. The molecule has 0 spiro atoms. The molecule has 29 heavy (non-hydrogen) atoms. The lowest BCUT2D eigenvalue weighted by Gasteiger charge is -2.25. The fraction of sp³-hybridized carbons (Fsp3) is 0.0952. The molecule has 142 valence electrons. The second-order valence-electron chi connectivity index (χ2n) is 6.29. The zero-order valence-electron chi connectivity index (χ0n) is 15.4. The van der Waals surface area contributed by atoms with Crippen LogP contribution in [0.4, 0.5) is 22.1 Å². The number of amides is 2. The Morgan fingerprint density at radius 3 is 2.97 bits per heavy atom. The number of rotatable bonds is 2. The van der Waals surface area contributed by atoms with Crippen molar-refractivity contribution in [2.24, 2.45) is 0 Å². The van der Waals surface area contributed by atoms with Crippen LogP contribution in [0.2, 0.25) is 0 Å². The highest BCUT2D eigenvalue weighted by Crippen LogP contribution is 2.30. The first-order valence-corrected chi connectivity index (χ1v) is 9.04. The molecule has 0 fully saturated rings. The summed E-state index contributed by atoms with van der Waals surface area (Å²) >= 11 is 0. The summed E-state index contributed by atoms with van der Waals surface area (Å²) < 4.78 is 0. The molecule has 1 aliphatic heterocycles. The lowest BCUT2D eigenvalue weighted by Crippen LogP contribution is -2.37. The van der Waals surface area contributed by atoms with Gasteiger partial charge in [0.1, 0.15) is 0 Å². The zero-order chi connectivity index (χ0) is 20.1. The summed E-state index contributed by atoms with van der Waals surface area (Å²) in [6.45, 7) is 0.450. The van der Waals surface area contributed by atoms with E-state index in [4.69, 9.17) is 10.2 Å². The molecule has 3 heterocycles. The molecule has 8 nitrogen and oxygen atoms in total. The largest absolute Gasteiger partial charge is 0.359 e. The summed E-state index contributed by atoms with van der Waals surface area (Å²) in [6, 6.07) is 16.1. The number of carbonyl (C=O) groups excluding carboxylic acids is 1. The van der Waals surface area contributed by atoms with Crippen molar-refractivity contribution in [3.05, 3.63) is 72.6 Å². The van der Waals surface area contributed by atoms with Crippen molar-refractivity contribution in [2.45, 2.75) is 6.42 Å². The van der Waals surface area contributed by atoms with Gasteiger partial charge in [-0.05, 0) is 49.0 Å². The molecule has 3 aromatic rings. The number of nitriles is 1. The van der Waals surface area contributed by atoms with E-state index in [0.717, 1.165) is 5.56 Å². The van der Waals surface area contributed by atoms with Crippen LogP contribution in [-0.4, -0.2) is 27.8 Å². The Kier molecular flexibility index (Phi) is 5.12. The Hall–Kier alpha value is -4.25. The van der Waals surface area contributed by atoms with Gasteiger partial charge in [-0.15, -0.1) is 5.10 Å². The lowest BCUT2D eigenvalue weighted by molar-refractivity contribution is 0.256. The molecule has 1 aromatic carbocycles. The fourth-order valence-electron chi connectivity index (χ4n) is 2.96. The average molecular weight is 383 g/mol. The highest BCUT2D eigenvalue weighted by atomic mass is 16.2. The van der Waals surface area contributed by atoms with Gasteiger partial charge < -0.3 is 5.32 Å². The van der Waals surface area contributed by atoms with Crippen LogP contribution in [-0.2, 0) is 0 Å². The summed E-state index contributed by atoms with van der Waals surface area (Å²) in [5.41, 5.74) is 2.73. The maximum Gasteiger partial charge on any atom is 0.328 e. The summed E-state index contributed by atoms with van der Waals surface area (Å²) in [7, 11) is 0. The average Bonchev–Trinajstić information content (AvgIpc) is 2.75. The van der Waals surface area contributed by atoms with Gasteiger partial charge in [-0.2, -0.15) is 10.4 Å². The van der Waals surface area contributed by atoms with Crippen LogP contribution in [0.1, 0.15) is 12.0 Å². The Morgan fingerprint density at radius 2 is 2.14 bits per heavy atom. The highest BCUT2D eigenvalue weighted by Gasteiger charge is 2.22. The van der Waals surface area contributed by atoms with Crippen molar-refractivity contribution >= 4 is 23.4 Å². The van der Waals surface area contributed by atoms with Gasteiger partial charge in [-0.25, -0.2) is 9.78 Å². The van der Waals surface area contributed by atoms with Crippen LogP contribution >= 0.6 is 0 Å². The number of nitrogens with zero attached hydrogens (tertiary/aromatic N) is 5. The predicted molar refractivity (Wildman–Crippen MR) is 110 cm³/mol. The zero-order valence-corrected chi connectivity index (χ0v) is 15.4. The van der Waals surface area contributed by atoms with Crippen LogP contribution < -0.4 is 15.5 Å². The highest BCUT2D eigenvalue weighted by molar-refractivity contribution is 6.02. The summed E-state index contributed by atoms with van der Waals surface area (Å²) in [6.07, 6.45) is 6.00. The number of fused-ring (bicyclic) bond motifs is 1. The van der Waals surface area contributed by atoms with Gasteiger partial charge in [0.2, 0.25) is 0 Å². The minimum atomic E-state index is -0.348. The van der Waals surface area contributed by atoms with E-state index < -0.39 is 0 Å². The molecular weight excluding hydrogens is 366 g/mol. The number of aromatic nitrogens is 3. The number of carbonyl (C=O) groups is 1. The first kappa shape index (κ1) is 18.1. The van der Waals surface area contributed by atoms with Crippen LogP contribution in [0.15, 0.2) is 67.0 Å². The van der Waals surface area contributed by atoms with Gasteiger partial charge in [0.15, 0.2) is 11.6 Å². The first-order valence-electron chi connectivity index (χ1n) is 9.04. The van der Waals surface area contributed by atoms with Gasteiger partial charge in [-0.1, -0.05) is 18.2 Å². The number of benzene rings is 1. The Balaban J connectivity index is 1.72. The second-order valence-corrected chi connectivity index (χ2v) is 6.29. The lowest BCUT2D eigenvalue weighted by atomic mass is 10.1. The molecule has 0 bridgehead atoms. The van der Waals surface area contributed by atoms with Gasteiger partial charge in [0, 0.05) is 18.3 Å². The van der Waals surface area contributed by atoms with Crippen LogP contribution in [0.3, 0.4) is 0 Å². The van der Waals surface area contributed by atoms with E-state index in [1.54, 1.807) is 35.4 Å². The van der Waals surface area contributed by atoms with E-state index in [2.05, 4.69) is 26.9 Å². The molecular formula is C21H17N7O. The van der Waals surface area contributed by atoms with Crippen LogP contribution in [0, 0.1) is 11.3 Å². The Labute approximate surface area is 167 Å². The van der Waals surface area contributed by atoms with E-state index in [1.165, 1.54) is 0 Å². The summed E-state index contributed by atoms with van der Waals surface area (Å²) in [4.78, 5) is 19.3. The number of hydrogen-bond acceptors (Lipinski definition) is 6. The van der Waals surface area contributed by atoms with Crippen molar-refractivity contribution in [1.82, 2.24) is 15.2 Å². The minimum Gasteiger partial charge on any atom is -0.359 e. The SMILES string of the molecule is N#Cc1cccc(-c2ccc3c(n2)N(C(=O)Nc2cccnn2)CC/C=C\N3)c1. The third-order valence-corrected chi connectivity index (χ3v) is 4.35. The molecule has 8 heteroatoms. The molecule has 2 aromatic heterocycles. The number of nitrogens with one attached hydrogen (secondary N) is 2. The number of pyridine rings is 1. The second kappa shape index (κ2) is 8.19. The standard InChI is InChI=1S/C21H17N7O/c22-14-15-5-3-6-16(13-15)17-8-9-18-20(25-17)28(12-2-1-10-23-18)21(29)26-19-7-4-11-24-27-19/h1,3-11,13,23H,2,12H2,(H,26,27,29)/b10-1-. The van der Waals surface area contributed by atoms with E-state index in [0.29, 0.717) is 41.5 Å². The number of anilines is 3. The topological polar surface area (TPSA) is 107 Å². The van der Waals surface area contributed by atoms with E-state index in [9.17, 15) is 4.79 Å². The van der Waals surface area contributed by atoms with Crippen molar-refractivity contribution in [1.29, 1.82) is 5.26 Å². The molecule has 0 saturated carbocycles. The molecule has 0 saturated heterocycles. The monoisotopic (exact) mass is 383 g/mol. The maximum atomic E-state index is 13.0. The molecule has 0 aliphatic carbocycles. The Morgan fingerprint density at radius 1 is 1.21 bits per heavy atom. The quantitative estimate of drug-likeness (QED) is 0.697. The fourth-order valence-corrected chi connectivity index (χ4v) is 2.96. The van der Waals surface area contributed by atoms with Crippen molar-refractivity contribution < 1.29 is 4.79 Å². The number of urea groups is 1. The molecule has 2 N–H and O–H groups in total. The minimum absolute atomic E-state index is 0.348. The number of hydrogen-bond donors (Lipinski definition) is 2. The van der Waals surface area contributed by atoms with Gasteiger partial charge in [0.05, 0.1) is 23.0 Å². The first-order chi connectivity index (χ1) is 14.2.